The Morgan fingerprint density at radius 1 is 0.900 bits per heavy atom. The molecule has 0 spiro atoms. The molecule has 3 aromatic carbocycles. The second-order valence-corrected chi connectivity index (χ2v) is 11.2. The summed E-state index contributed by atoms with van der Waals surface area (Å²) in [6, 6.07) is 22.2. The van der Waals surface area contributed by atoms with Crippen LogP contribution in [0.2, 0.25) is 0 Å². The fourth-order valence-corrected chi connectivity index (χ4v) is 5.90. The molecule has 0 bridgehead atoms. The van der Waals surface area contributed by atoms with Crippen molar-refractivity contribution in [3.63, 3.8) is 0 Å². The molecule has 1 N–H and O–H groups in total. The van der Waals surface area contributed by atoms with Crippen LogP contribution in [0.1, 0.15) is 38.3 Å². The van der Waals surface area contributed by atoms with Gasteiger partial charge in [0.05, 0.1) is 17.2 Å². The number of anilines is 1. The average Bonchev–Trinajstić information content (AvgIpc) is 2.95. The molecule has 3 aromatic rings. The molecule has 0 saturated carbocycles. The normalized spacial score (nSPS) is 11.9. The van der Waals surface area contributed by atoms with Crippen molar-refractivity contribution in [1.82, 2.24) is 10.2 Å². The zero-order chi connectivity index (χ0) is 29.1. The maximum atomic E-state index is 14.1. The lowest BCUT2D eigenvalue weighted by molar-refractivity contribution is -0.139. The molecule has 0 aliphatic rings. The van der Waals surface area contributed by atoms with E-state index in [-0.39, 0.29) is 23.0 Å². The van der Waals surface area contributed by atoms with Crippen molar-refractivity contribution in [2.24, 2.45) is 0 Å². The van der Waals surface area contributed by atoms with Gasteiger partial charge in [0.1, 0.15) is 18.3 Å². The van der Waals surface area contributed by atoms with Crippen molar-refractivity contribution in [3.05, 3.63) is 90.0 Å². The molecular weight excluding hydrogens is 526 g/mol. The number of nitrogens with zero attached hydrogens (tertiary/aromatic N) is 2. The Kier molecular flexibility index (Phi) is 11.1. The Balaban J connectivity index is 2.05. The molecule has 0 saturated heterocycles. The van der Waals surface area contributed by atoms with E-state index in [1.807, 2.05) is 58.0 Å². The Labute approximate surface area is 238 Å². The summed E-state index contributed by atoms with van der Waals surface area (Å²) in [5, 5.41) is 2.82. The molecule has 0 aromatic heterocycles. The molecule has 2 amide bonds. The van der Waals surface area contributed by atoms with Crippen LogP contribution in [0, 0.1) is 6.92 Å². The first-order valence-corrected chi connectivity index (χ1v) is 15.1. The number of nitrogens with one attached hydrogen (secondary N) is 1. The Morgan fingerprint density at radius 2 is 1.55 bits per heavy atom. The third kappa shape index (κ3) is 7.63. The second kappa shape index (κ2) is 14.5. The van der Waals surface area contributed by atoms with Crippen LogP contribution >= 0.6 is 0 Å². The third-order valence-corrected chi connectivity index (χ3v) is 8.32. The number of benzene rings is 3. The molecule has 0 heterocycles. The first kappa shape index (κ1) is 30.7. The standard InChI is InChI=1S/C31H39N3O5S/c1-5-27(31(36)32-6-2)33(22-21-25-13-9-8-10-14-25)30(35)23-34(28-15-11-12-16-29(28)39-7-3)40(37,38)26-19-17-24(4)18-20-26/h8-20,27H,5-7,21-23H2,1-4H3,(H,32,36)/t27-/m1/s1. The van der Waals surface area contributed by atoms with Crippen molar-refractivity contribution in [2.75, 3.05) is 30.5 Å². The van der Waals surface area contributed by atoms with Crippen LogP contribution in [0.3, 0.4) is 0 Å². The molecule has 214 valence electrons. The van der Waals surface area contributed by atoms with E-state index < -0.39 is 28.5 Å². The lowest BCUT2D eigenvalue weighted by Crippen LogP contribution is -2.53. The van der Waals surface area contributed by atoms with Gasteiger partial charge in [-0.05, 0) is 63.4 Å². The van der Waals surface area contributed by atoms with E-state index >= 15 is 0 Å². The van der Waals surface area contributed by atoms with Gasteiger partial charge in [-0.2, -0.15) is 0 Å². The monoisotopic (exact) mass is 565 g/mol. The van der Waals surface area contributed by atoms with Crippen LogP contribution in [0.25, 0.3) is 0 Å². The minimum absolute atomic E-state index is 0.0591. The summed E-state index contributed by atoms with van der Waals surface area (Å²) in [4.78, 5) is 28.6. The summed E-state index contributed by atoms with van der Waals surface area (Å²) < 4.78 is 34.9. The van der Waals surface area contributed by atoms with Crippen molar-refractivity contribution >= 4 is 27.5 Å². The fourth-order valence-electron chi connectivity index (χ4n) is 4.48. The zero-order valence-electron chi connectivity index (χ0n) is 23.7. The Morgan fingerprint density at radius 3 is 2.17 bits per heavy atom. The van der Waals surface area contributed by atoms with E-state index in [9.17, 15) is 18.0 Å². The summed E-state index contributed by atoms with van der Waals surface area (Å²) in [5.41, 5.74) is 2.18. The van der Waals surface area contributed by atoms with Crippen LogP contribution in [-0.4, -0.2) is 57.4 Å². The van der Waals surface area contributed by atoms with Gasteiger partial charge >= 0.3 is 0 Å². The molecule has 1 atom stereocenters. The highest BCUT2D eigenvalue weighted by atomic mass is 32.2. The number of hydrogen-bond acceptors (Lipinski definition) is 5. The highest BCUT2D eigenvalue weighted by Gasteiger charge is 2.34. The Hall–Kier alpha value is -3.85. The summed E-state index contributed by atoms with van der Waals surface area (Å²) in [5.74, 6) is -0.398. The van der Waals surface area contributed by atoms with Crippen LogP contribution in [-0.2, 0) is 26.0 Å². The summed E-state index contributed by atoms with van der Waals surface area (Å²) in [6.07, 6.45) is 0.898. The van der Waals surface area contributed by atoms with Crippen molar-refractivity contribution in [1.29, 1.82) is 0 Å². The highest BCUT2D eigenvalue weighted by Crippen LogP contribution is 2.33. The van der Waals surface area contributed by atoms with E-state index in [0.29, 0.717) is 31.7 Å². The SMILES string of the molecule is CCNC(=O)[C@@H](CC)N(CCc1ccccc1)C(=O)CN(c1ccccc1OCC)S(=O)(=O)c1ccc(C)cc1. The number of sulfonamides is 1. The number of aryl methyl sites for hydroxylation is 1. The highest BCUT2D eigenvalue weighted by molar-refractivity contribution is 7.92. The topological polar surface area (TPSA) is 96.0 Å². The molecule has 0 unspecified atom stereocenters. The van der Waals surface area contributed by atoms with Gasteiger partial charge in [0, 0.05) is 13.1 Å². The van der Waals surface area contributed by atoms with Crippen LogP contribution in [0.15, 0.2) is 83.8 Å². The number of hydrogen-bond donors (Lipinski definition) is 1. The predicted octanol–water partition coefficient (Wildman–Crippen LogP) is 4.58. The lowest BCUT2D eigenvalue weighted by Gasteiger charge is -2.33. The number of amides is 2. The third-order valence-electron chi connectivity index (χ3n) is 6.54. The summed E-state index contributed by atoms with van der Waals surface area (Å²) in [6.45, 7) is 7.85. The van der Waals surface area contributed by atoms with E-state index in [1.165, 1.54) is 17.0 Å². The predicted molar refractivity (Wildman–Crippen MR) is 158 cm³/mol. The fraction of sp³-hybridized carbons (Fsp3) is 0.355. The van der Waals surface area contributed by atoms with Crippen LogP contribution in [0.4, 0.5) is 5.69 Å². The largest absolute Gasteiger partial charge is 0.492 e. The first-order chi connectivity index (χ1) is 19.2. The van der Waals surface area contributed by atoms with Crippen LogP contribution in [0.5, 0.6) is 5.75 Å². The van der Waals surface area contributed by atoms with Gasteiger partial charge in [-0.25, -0.2) is 8.42 Å². The van der Waals surface area contributed by atoms with Gasteiger partial charge in [0.25, 0.3) is 10.0 Å². The summed E-state index contributed by atoms with van der Waals surface area (Å²) >= 11 is 0. The van der Waals surface area contributed by atoms with E-state index in [0.717, 1.165) is 15.4 Å². The van der Waals surface area contributed by atoms with Crippen molar-refractivity contribution in [3.8, 4) is 5.75 Å². The molecule has 0 aliphatic carbocycles. The smallest absolute Gasteiger partial charge is 0.264 e. The second-order valence-electron chi connectivity index (χ2n) is 9.37. The molecular formula is C31H39N3O5S. The van der Waals surface area contributed by atoms with Crippen molar-refractivity contribution < 1.29 is 22.7 Å². The van der Waals surface area contributed by atoms with E-state index in [1.54, 1.807) is 36.4 Å². The maximum Gasteiger partial charge on any atom is 0.264 e. The van der Waals surface area contributed by atoms with E-state index in [4.69, 9.17) is 4.74 Å². The average molecular weight is 566 g/mol. The molecule has 0 radical (unpaired) electrons. The number of para-hydroxylation sites is 2. The van der Waals surface area contributed by atoms with Gasteiger partial charge in [0.15, 0.2) is 0 Å². The van der Waals surface area contributed by atoms with Gasteiger partial charge < -0.3 is 15.0 Å². The number of carbonyl (C=O) groups excluding carboxylic acids is 2. The summed E-state index contributed by atoms with van der Waals surface area (Å²) in [7, 11) is -4.16. The molecule has 8 nitrogen and oxygen atoms in total. The van der Waals surface area contributed by atoms with Gasteiger partial charge in [-0.1, -0.05) is 67.1 Å². The molecule has 0 fully saturated rings. The lowest BCUT2D eigenvalue weighted by atomic mass is 10.1. The number of carbonyl (C=O) groups is 2. The van der Waals surface area contributed by atoms with Crippen LogP contribution < -0.4 is 14.4 Å². The molecule has 9 heteroatoms. The van der Waals surface area contributed by atoms with E-state index in [2.05, 4.69) is 5.32 Å². The minimum atomic E-state index is -4.16. The number of likely N-dealkylation sites (N-methyl/N-ethyl adjacent to an activating group) is 1. The Bertz CT molecular complexity index is 1360. The number of rotatable bonds is 14. The maximum absolute atomic E-state index is 14.1. The minimum Gasteiger partial charge on any atom is -0.492 e. The molecule has 0 aliphatic heterocycles. The molecule has 3 rings (SSSR count). The van der Waals surface area contributed by atoms with Crippen molar-refractivity contribution in [2.45, 2.75) is 51.5 Å². The number of ether oxygens (including phenoxy) is 1. The first-order valence-electron chi connectivity index (χ1n) is 13.6. The van der Waals surface area contributed by atoms with Gasteiger partial charge in [-0.15, -0.1) is 0 Å². The molecule has 40 heavy (non-hydrogen) atoms. The van der Waals surface area contributed by atoms with Gasteiger partial charge in [-0.3, -0.25) is 13.9 Å². The quantitative estimate of drug-likeness (QED) is 0.309. The zero-order valence-corrected chi connectivity index (χ0v) is 24.5. The van der Waals surface area contributed by atoms with Gasteiger partial charge in [0.2, 0.25) is 11.8 Å².